The Hall–Kier alpha value is -1.40. The van der Waals surface area contributed by atoms with Crippen LogP contribution >= 0.6 is 24.4 Å². The van der Waals surface area contributed by atoms with E-state index in [4.69, 9.17) is 4.42 Å². The van der Waals surface area contributed by atoms with Crippen molar-refractivity contribution in [2.45, 2.75) is 36.5 Å². The molecule has 1 aliphatic carbocycles. The summed E-state index contributed by atoms with van der Waals surface area (Å²) < 4.78 is 5.72. The van der Waals surface area contributed by atoms with Gasteiger partial charge < -0.3 is 9.73 Å². The van der Waals surface area contributed by atoms with Gasteiger partial charge in [-0.15, -0.1) is 24.4 Å². The summed E-state index contributed by atoms with van der Waals surface area (Å²) >= 11 is 5.83. The third-order valence-electron chi connectivity index (χ3n) is 3.42. The fraction of sp³-hybridized carbons (Fsp3) is 0.375. The maximum atomic E-state index is 11.6. The van der Waals surface area contributed by atoms with Crippen LogP contribution in [0.3, 0.4) is 0 Å². The predicted octanol–water partition coefficient (Wildman–Crippen LogP) is 3.45. The number of rotatable bonds is 6. The van der Waals surface area contributed by atoms with Gasteiger partial charge in [-0.25, -0.2) is 4.98 Å². The Morgan fingerprint density at radius 1 is 1.41 bits per heavy atom. The van der Waals surface area contributed by atoms with Gasteiger partial charge in [-0.3, -0.25) is 4.79 Å². The molecule has 1 saturated carbocycles. The maximum Gasteiger partial charge on any atom is 0.230 e. The summed E-state index contributed by atoms with van der Waals surface area (Å²) in [5.74, 6) is 2.67. The molecule has 116 valence electrons. The van der Waals surface area contributed by atoms with Gasteiger partial charge in [0.15, 0.2) is 0 Å². The smallest absolute Gasteiger partial charge is 0.230 e. The standard InChI is InChI=1S/C16H18N2O2S2/c1-10-14(8-22-9-15(19)17-12-4-5-12)18-16(20-10)11-2-6-13(21)7-3-11/h2-3,6-7,12,21H,4-5,8-9H2,1H3,(H,17,19). The average molecular weight is 334 g/mol. The molecule has 1 fully saturated rings. The number of amides is 1. The fourth-order valence-electron chi connectivity index (χ4n) is 2.03. The Morgan fingerprint density at radius 3 is 2.82 bits per heavy atom. The largest absolute Gasteiger partial charge is 0.441 e. The van der Waals surface area contributed by atoms with E-state index in [1.807, 2.05) is 31.2 Å². The molecule has 0 radical (unpaired) electrons. The highest BCUT2D eigenvalue weighted by atomic mass is 32.2. The van der Waals surface area contributed by atoms with Gasteiger partial charge in [0.1, 0.15) is 5.76 Å². The van der Waals surface area contributed by atoms with Crippen molar-refractivity contribution in [2.24, 2.45) is 0 Å². The molecule has 1 heterocycles. The number of thioether (sulfide) groups is 1. The zero-order chi connectivity index (χ0) is 15.5. The first-order chi connectivity index (χ1) is 10.6. The van der Waals surface area contributed by atoms with Crippen molar-refractivity contribution in [3.05, 3.63) is 35.7 Å². The summed E-state index contributed by atoms with van der Waals surface area (Å²) in [5.41, 5.74) is 1.83. The minimum Gasteiger partial charge on any atom is -0.441 e. The minimum atomic E-state index is 0.109. The van der Waals surface area contributed by atoms with Crippen LogP contribution < -0.4 is 5.32 Å². The molecule has 1 amide bonds. The summed E-state index contributed by atoms with van der Waals surface area (Å²) in [5, 5.41) is 2.98. The number of oxazole rings is 1. The lowest BCUT2D eigenvalue weighted by molar-refractivity contribution is -0.118. The third-order valence-corrected chi connectivity index (χ3v) is 4.66. The van der Waals surface area contributed by atoms with Crippen molar-refractivity contribution in [2.75, 3.05) is 5.75 Å². The van der Waals surface area contributed by atoms with E-state index in [0.29, 0.717) is 23.4 Å². The van der Waals surface area contributed by atoms with E-state index < -0.39 is 0 Å². The van der Waals surface area contributed by atoms with Crippen LogP contribution in [0.15, 0.2) is 33.6 Å². The molecule has 1 aromatic heterocycles. The summed E-state index contributed by atoms with van der Waals surface area (Å²) in [4.78, 5) is 17.1. The van der Waals surface area contributed by atoms with Crippen LogP contribution in [0.25, 0.3) is 11.5 Å². The van der Waals surface area contributed by atoms with Crippen molar-refractivity contribution in [3.8, 4) is 11.5 Å². The molecule has 0 atom stereocenters. The van der Waals surface area contributed by atoms with Gasteiger partial charge in [0.2, 0.25) is 11.8 Å². The van der Waals surface area contributed by atoms with E-state index in [1.165, 1.54) is 0 Å². The molecule has 1 N–H and O–H groups in total. The van der Waals surface area contributed by atoms with Crippen LogP contribution in [0.1, 0.15) is 24.3 Å². The Labute approximate surface area is 139 Å². The molecule has 0 spiro atoms. The van der Waals surface area contributed by atoms with Crippen molar-refractivity contribution in [1.82, 2.24) is 10.3 Å². The van der Waals surface area contributed by atoms with Crippen LogP contribution in [0.2, 0.25) is 0 Å². The Balaban J connectivity index is 1.57. The van der Waals surface area contributed by atoms with Crippen LogP contribution in [0.5, 0.6) is 0 Å². The topological polar surface area (TPSA) is 55.1 Å². The van der Waals surface area contributed by atoms with Gasteiger partial charge in [-0.2, -0.15) is 0 Å². The number of thiol groups is 1. The lowest BCUT2D eigenvalue weighted by Gasteiger charge is -2.01. The molecule has 0 unspecified atom stereocenters. The number of nitrogens with one attached hydrogen (secondary N) is 1. The Bertz CT molecular complexity index is 663. The first kappa shape index (κ1) is 15.5. The number of aryl methyl sites for hydroxylation is 1. The molecule has 4 nitrogen and oxygen atoms in total. The normalized spacial score (nSPS) is 14.1. The van der Waals surface area contributed by atoms with Crippen molar-refractivity contribution < 1.29 is 9.21 Å². The molecule has 6 heteroatoms. The number of hydrogen-bond acceptors (Lipinski definition) is 5. The molecule has 1 aromatic carbocycles. The van der Waals surface area contributed by atoms with Gasteiger partial charge >= 0.3 is 0 Å². The number of nitrogens with zero attached hydrogens (tertiary/aromatic N) is 1. The van der Waals surface area contributed by atoms with E-state index in [1.54, 1.807) is 11.8 Å². The molecular formula is C16H18N2O2S2. The van der Waals surface area contributed by atoms with Crippen LogP contribution in [-0.4, -0.2) is 22.7 Å². The van der Waals surface area contributed by atoms with Crippen LogP contribution in [-0.2, 0) is 10.5 Å². The monoisotopic (exact) mass is 334 g/mol. The first-order valence-corrected chi connectivity index (χ1v) is 8.85. The van der Waals surface area contributed by atoms with Crippen LogP contribution in [0, 0.1) is 6.92 Å². The zero-order valence-electron chi connectivity index (χ0n) is 12.3. The summed E-state index contributed by atoms with van der Waals surface area (Å²) in [7, 11) is 0. The second kappa shape index (κ2) is 6.79. The lowest BCUT2D eigenvalue weighted by atomic mass is 10.2. The second-order valence-corrected chi connectivity index (χ2v) is 6.91. The number of hydrogen-bond donors (Lipinski definition) is 2. The van der Waals surface area contributed by atoms with E-state index in [2.05, 4.69) is 22.9 Å². The van der Waals surface area contributed by atoms with Gasteiger partial charge in [-0.1, -0.05) is 0 Å². The van der Waals surface area contributed by atoms with Crippen molar-refractivity contribution in [3.63, 3.8) is 0 Å². The molecule has 0 bridgehead atoms. The second-order valence-electron chi connectivity index (χ2n) is 5.40. The third kappa shape index (κ3) is 4.08. The predicted molar refractivity (Wildman–Crippen MR) is 91.3 cm³/mol. The number of aromatic nitrogens is 1. The van der Waals surface area contributed by atoms with Gasteiger partial charge in [0.25, 0.3) is 0 Å². The summed E-state index contributed by atoms with van der Waals surface area (Å²) in [6.07, 6.45) is 2.24. The Morgan fingerprint density at radius 2 is 2.14 bits per heavy atom. The summed E-state index contributed by atoms with van der Waals surface area (Å²) in [6.45, 7) is 1.91. The summed E-state index contributed by atoms with van der Waals surface area (Å²) in [6, 6.07) is 8.12. The highest BCUT2D eigenvalue weighted by Crippen LogP contribution is 2.25. The molecular weight excluding hydrogens is 316 g/mol. The maximum absolute atomic E-state index is 11.6. The van der Waals surface area contributed by atoms with Crippen molar-refractivity contribution >= 4 is 30.3 Å². The molecule has 1 aliphatic rings. The van der Waals surface area contributed by atoms with E-state index >= 15 is 0 Å². The van der Waals surface area contributed by atoms with Gasteiger partial charge in [-0.05, 0) is 44.0 Å². The Kier molecular flexibility index (Phi) is 4.78. The lowest BCUT2D eigenvalue weighted by Crippen LogP contribution is -2.27. The quantitative estimate of drug-likeness (QED) is 0.795. The first-order valence-electron chi connectivity index (χ1n) is 7.24. The molecule has 0 aliphatic heterocycles. The molecule has 3 rings (SSSR count). The SMILES string of the molecule is Cc1oc(-c2ccc(S)cc2)nc1CSCC(=O)NC1CC1. The zero-order valence-corrected chi connectivity index (χ0v) is 14.0. The number of carbonyl (C=O) groups is 1. The highest BCUT2D eigenvalue weighted by molar-refractivity contribution is 7.99. The van der Waals surface area contributed by atoms with Gasteiger partial charge in [0.05, 0.1) is 11.4 Å². The van der Waals surface area contributed by atoms with E-state index in [9.17, 15) is 4.79 Å². The minimum absolute atomic E-state index is 0.109. The van der Waals surface area contributed by atoms with E-state index in [-0.39, 0.29) is 5.91 Å². The molecule has 2 aromatic rings. The molecule has 0 saturated heterocycles. The molecule has 22 heavy (non-hydrogen) atoms. The number of carbonyl (C=O) groups excluding carboxylic acids is 1. The van der Waals surface area contributed by atoms with Gasteiger partial charge in [0, 0.05) is 22.3 Å². The van der Waals surface area contributed by atoms with Crippen LogP contribution in [0.4, 0.5) is 0 Å². The highest BCUT2D eigenvalue weighted by Gasteiger charge is 2.23. The fourth-order valence-corrected chi connectivity index (χ4v) is 3.01. The van der Waals surface area contributed by atoms with Crippen molar-refractivity contribution in [1.29, 1.82) is 0 Å². The number of benzene rings is 1. The van der Waals surface area contributed by atoms with E-state index in [0.717, 1.165) is 34.8 Å². The average Bonchev–Trinajstić information content (AvgIpc) is 3.22.